The van der Waals surface area contributed by atoms with Crippen LogP contribution in [0.25, 0.3) is 6.08 Å². The van der Waals surface area contributed by atoms with Gasteiger partial charge in [-0.25, -0.2) is 0 Å². The highest BCUT2D eigenvalue weighted by atomic mass is 16.6. The number of nitrogens with zero attached hydrogens (tertiary/aromatic N) is 1. The lowest BCUT2D eigenvalue weighted by molar-refractivity contribution is -0.384. The molecular weight excluding hydrogens is 224 g/mol. The highest BCUT2D eigenvalue weighted by molar-refractivity contribution is 5.74. The molecule has 17 heavy (non-hydrogen) atoms. The summed E-state index contributed by atoms with van der Waals surface area (Å²) in [7, 11) is 0. The van der Waals surface area contributed by atoms with Crippen LogP contribution in [-0.4, -0.2) is 16.0 Å². The first-order valence-corrected chi connectivity index (χ1v) is 4.84. The minimum Gasteiger partial charge on any atom is -0.481 e. The third kappa shape index (κ3) is 3.30. The number of nitrogen functional groups attached to an aromatic ring is 1. The van der Waals surface area contributed by atoms with E-state index in [0.717, 1.165) is 0 Å². The van der Waals surface area contributed by atoms with Crippen molar-refractivity contribution in [3.63, 3.8) is 0 Å². The van der Waals surface area contributed by atoms with Crippen LogP contribution in [0.3, 0.4) is 0 Å². The zero-order valence-electron chi connectivity index (χ0n) is 9.21. The Kier molecular flexibility index (Phi) is 3.82. The Hall–Kier alpha value is -2.37. The molecule has 0 amide bonds. The summed E-state index contributed by atoms with van der Waals surface area (Å²) in [4.78, 5) is 20.5. The maximum absolute atomic E-state index is 10.6. The summed E-state index contributed by atoms with van der Waals surface area (Å²) in [5, 5.41) is 19.1. The van der Waals surface area contributed by atoms with Crippen LogP contribution in [-0.2, 0) is 4.79 Å². The monoisotopic (exact) mass is 236 g/mol. The largest absolute Gasteiger partial charge is 0.481 e. The van der Waals surface area contributed by atoms with Gasteiger partial charge in [0.1, 0.15) is 0 Å². The van der Waals surface area contributed by atoms with Crippen LogP contribution in [0.4, 0.5) is 11.4 Å². The van der Waals surface area contributed by atoms with Gasteiger partial charge in [0.25, 0.3) is 5.69 Å². The molecule has 1 rings (SSSR count). The van der Waals surface area contributed by atoms with Crippen LogP contribution in [0.1, 0.15) is 17.5 Å². The number of hydrogen-bond donors (Lipinski definition) is 2. The lowest BCUT2D eigenvalue weighted by Gasteiger charge is -2.04. The molecule has 6 nitrogen and oxygen atoms in total. The normalized spacial score (nSPS) is 10.6. The van der Waals surface area contributed by atoms with Crippen molar-refractivity contribution < 1.29 is 14.8 Å². The first-order valence-electron chi connectivity index (χ1n) is 4.84. The van der Waals surface area contributed by atoms with E-state index >= 15 is 0 Å². The van der Waals surface area contributed by atoms with Crippen LogP contribution in [0.15, 0.2) is 18.2 Å². The second-order valence-electron chi connectivity index (χ2n) is 3.52. The van der Waals surface area contributed by atoms with Gasteiger partial charge in [-0.05, 0) is 12.5 Å². The third-order valence-corrected chi connectivity index (χ3v) is 2.20. The van der Waals surface area contributed by atoms with Crippen molar-refractivity contribution in [2.24, 2.45) is 0 Å². The van der Waals surface area contributed by atoms with Gasteiger partial charge in [-0.3, -0.25) is 14.9 Å². The fourth-order valence-electron chi connectivity index (χ4n) is 1.34. The van der Waals surface area contributed by atoms with E-state index < -0.39 is 10.9 Å². The predicted octanol–water partition coefficient (Wildman–Crippen LogP) is 1.97. The summed E-state index contributed by atoms with van der Waals surface area (Å²) >= 11 is 0. The lowest BCUT2D eigenvalue weighted by atomic mass is 10.1. The van der Waals surface area contributed by atoms with Gasteiger partial charge in [-0.15, -0.1) is 0 Å². The molecule has 0 atom stereocenters. The highest BCUT2D eigenvalue weighted by Gasteiger charge is 2.10. The number of nitrogens with two attached hydrogens (primary N) is 1. The van der Waals surface area contributed by atoms with E-state index in [1.54, 1.807) is 6.92 Å². The van der Waals surface area contributed by atoms with Crippen molar-refractivity contribution in [2.45, 2.75) is 13.3 Å². The topological polar surface area (TPSA) is 106 Å². The predicted molar refractivity (Wildman–Crippen MR) is 63.5 cm³/mol. The van der Waals surface area contributed by atoms with E-state index in [1.165, 1.54) is 24.3 Å². The number of aliphatic carboxylic acids is 1. The fourth-order valence-corrected chi connectivity index (χ4v) is 1.34. The molecule has 0 saturated carbocycles. The summed E-state index contributed by atoms with van der Waals surface area (Å²) in [5.41, 5.74) is 7.15. The van der Waals surface area contributed by atoms with Crippen LogP contribution in [0.5, 0.6) is 0 Å². The summed E-state index contributed by atoms with van der Waals surface area (Å²) in [6.07, 6.45) is 2.72. The molecule has 0 aromatic heterocycles. The molecule has 1 aromatic rings. The molecule has 3 N–H and O–H groups in total. The van der Waals surface area contributed by atoms with E-state index in [4.69, 9.17) is 10.8 Å². The summed E-state index contributed by atoms with van der Waals surface area (Å²) in [6.45, 7) is 1.66. The molecule has 0 aliphatic rings. The fraction of sp³-hybridized carbons (Fsp3) is 0.182. The second-order valence-corrected chi connectivity index (χ2v) is 3.52. The van der Waals surface area contributed by atoms with Gasteiger partial charge >= 0.3 is 5.97 Å². The van der Waals surface area contributed by atoms with Crippen molar-refractivity contribution in [1.82, 2.24) is 0 Å². The number of non-ortho nitro benzene ring substituents is 1. The van der Waals surface area contributed by atoms with Crippen molar-refractivity contribution in [3.05, 3.63) is 39.4 Å². The molecule has 90 valence electrons. The number of carboxylic acids is 1. The number of hydrogen-bond acceptors (Lipinski definition) is 4. The number of rotatable bonds is 4. The lowest BCUT2D eigenvalue weighted by Crippen LogP contribution is -1.97. The van der Waals surface area contributed by atoms with Crippen LogP contribution in [0, 0.1) is 17.0 Å². The van der Waals surface area contributed by atoms with Gasteiger partial charge in [0.05, 0.1) is 11.3 Å². The Labute approximate surface area is 97.5 Å². The Bertz CT molecular complexity index is 494. The second kappa shape index (κ2) is 5.11. The van der Waals surface area contributed by atoms with Gasteiger partial charge in [-0.2, -0.15) is 0 Å². The first-order chi connectivity index (χ1) is 7.91. The molecule has 0 unspecified atom stereocenters. The number of anilines is 1. The van der Waals surface area contributed by atoms with Crippen molar-refractivity contribution in [1.29, 1.82) is 0 Å². The average molecular weight is 236 g/mol. The zero-order valence-corrected chi connectivity index (χ0v) is 9.21. The molecule has 0 aliphatic carbocycles. The number of benzene rings is 1. The quantitative estimate of drug-likeness (QED) is 0.472. The molecule has 0 aliphatic heterocycles. The number of aryl methyl sites for hydroxylation is 1. The summed E-state index contributed by atoms with van der Waals surface area (Å²) in [6, 6.07) is 2.70. The zero-order chi connectivity index (χ0) is 13.0. The minimum atomic E-state index is -0.970. The van der Waals surface area contributed by atoms with Crippen LogP contribution >= 0.6 is 0 Å². The van der Waals surface area contributed by atoms with E-state index in [9.17, 15) is 14.9 Å². The van der Waals surface area contributed by atoms with Crippen molar-refractivity contribution in [2.75, 3.05) is 5.73 Å². The maximum Gasteiger partial charge on any atom is 0.307 e. The third-order valence-electron chi connectivity index (χ3n) is 2.20. The van der Waals surface area contributed by atoms with E-state index in [-0.39, 0.29) is 12.1 Å². The summed E-state index contributed by atoms with van der Waals surface area (Å²) in [5.74, 6) is -0.970. The van der Waals surface area contributed by atoms with Crippen LogP contribution < -0.4 is 5.73 Å². The Balaban J connectivity index is 3.09. The minimum absolute atomic E-state index is 0.0633. The standard InChI is InChI=1S/C11H12N2O4/c1-7-5-9(13(16)17)6-8(11(7)12)3-2-4-10(14)15/h2-3,5-6H,4,12H2,1H3,(H,14,15). The van der Waals surface area contributed by atoms with Gasteiger partial charge in [0.15, 0.2) is 0 Å². The van der Waals surface area contributed by atoms with Gasteiger partial charge in [0, 0.05) is 23.4 Å². The molecule has 0 saturated heterocycles. The van der Waals surface area contributed by atoms with Crippen LogP contribution in [0.2, 0.25) is 0 Å². The Morgan fingerprint density at radius 2 is 2.24 bits per heavy atom. The van der Waals surface area contributed by atoms with E-state index in [2.05, 4.69) is 0 Å². The molecule has 0 fully saturated rings. The molecular formula is C11H12N2O4. The maximum atomic E-state index is 10.6. The molecule has 0 heterocycles. The highest BCUT2D eigenvalue weighted by Crippen LogP contribution is 2.25. The van der Waals surface area contributed by atoms with Crippen molar-refractivity contribution >= 4 is 23.4 Å². The summed E-state index contributed by atoms with van der Waals surface area (Å²) < 4.78 is 0. The molecule has 0 radical (unpaired) electrons. The number of nitro benzene ring substituents is 1. The van der Waals surface area contributed by atoms with Gasteiger partial charge in [0.2, 0.25) is 0 Å². The Morgan fingerprint density at radius 1 is 1.59 bits per heavy atom. The molecule has 1 aromatic carbocycles. The molecule has 0 spiro atoms. The molecule has 0 bridgehead atoms. The number of carbonyl (C=O) groups is 1. The Morgan fingerprint density at radius 3 is 2.76 bits per heavy atom. The molecule has 6 heteroatoms. The average Bonchev–Trinajstić information content (AvgIpc) is 2.23. The van der Waals surface area contributed by atoms with E-state index in [1.807, 2.05) is 0 Å². The SMILES string of the molecule is Cc1cc([N+](=O)[O-])cc(C=CCC(=O)O)c1N. The number of nitro groups is 1. The van der Waals surface area contributed by atoms with Crippen molar-refractivity contribution in [3.8, 4) is 0 Å². The number of carboxylic acid groups (broad SMARTS) is 1. The van der Waals surface area contributed by atoms with Gasteiger partial charge in [-0.1, -0.05) is 12.2 Å². The van der Waals surface area contributed by atoms with Gasteiger partial charge < -0.3 is 10.8 Å². The van der Waals surface area contributed by atoms with E-state index in [0.29, 0.717) is 16.8 Å². The smallest absolute Gasteiger partial charge is 0.307 e. The first kappa shape index (κ1) is 12.7.